The molecule has 2 aromatic heterocycles. The van der Waals surface area contributed by atoms with Crippen molar-refractivity contribution in [1.82, 2.24) is 19.7 Å². The highest BCUT2D eigenvalue weighted by Crippen LogP contribution is 2.34. The lowest BCUT2D eigenvalue weighted by atomic mass is 10.3. The van der Waals surface area contributed by atoms with Gasteiger partial charge in [0.2, 0.25) is 5.95 Å². The van der Waals surface area contributed by atoms with Gasteiger partial charge < -0.3 is 15.4 Å². The first-order chi connectivity index (χ1) is 12.6. The summed E-state index contributed by atoms with van der Waals surface area (Å²) in [6.45, 7) is 2.04. The summed E-state index contributed by atoms with van der Waals surface area (Å²) in [5, 5.41) is 9.52. The minimum atomic E-state index is -4.59. The summed E-state index contributed by atoms with van der Waals surface area (Å²) < 4.78 is 68.9. The van der Waals surface area contributed by atoms with Crippen LogP contribution in [0.3, 0.4) is 0 Å². The fourth-order valence-electron chi connectivity index (χ4n) is 2.19. The van der Waals surface area contributed by atoms with Crippen LogP contribution < -0.4 is 10.6 Å². The third-order valence-electron chi connectivity index (χ3n) is 3.52. The third kappa shape index (κ3) is 5.49. The molecule has 7 nitrogen and oxygen atoms in total. The van der Waals surface area contributed by atoms with Crippen molar-refractivity contribution in [2.24, 2.45) is 0 Å². The molecule has 0 saturated heterocycles. The molecular formula is C15H19F5N6O. The number of hydrogen-bond acceptors (Lipinski definition) is 6. The van der Waals surface area contributed by atoms with Gasteiger partial charge >= 0.3 is 12.8 Å². The van der Waals surface area contributed by atoms with E-state index in [1.165, 1.54) is 10.9 Å². The molecule has 0 aliphatic rings. The van der Waals surface area contributed by atoms with Crippen molar-refractivity contribution in [2.45, 2.75) is 39.6 Å². The average Bonchev–Trinajstić information content (AvgIpc) is 2.93. The molecule has 12 heteroatoms. The third-order valence-corrected chi connectivity index (χ3v) is 3.52. The van der Waals surface area contributed by atoms with Crippen LogP contribution >= 0.6 is 0 Å². The van der Waals surface area contributed by atoms with Crippen LogP contribution in [0.1, 0.15) is 31.1 Å². The molecular weight excluding hydrogens is 375 g/mol. The van der Waals surface area contributed by atoms with Gasteiger partial charge in [-0.1, -0.05) is 0 Å². The zero-order valence-electron chi connectivity index (χ0n) is 14.8. The van der Waals surface area contributed by atoms with Gasteiger partial charge in [-0.15, -0.1) is 0 Å². The largest absolute Gasteiger partial charge is 0.421 e. The van der Waals surface area contributed by atoms with Crippen molar-refractivity contribution >= 4 is 17.5 Å². The maximum absolute atomic E-state index is 13.0. The van der Waals surface area contributed by atoms with E-state index in [9.17, 15) is 22.0 Å². The monoisotopic (exact) mass is 394 g/mol. The van der Waals surface area contributed by atoms with Crippen molar-refractivity contribution in [2.75, 3.05) is 23.8 Å². The molecule has 0 bridgehead atoms. The van der Waals surface area contributed by atoms with Crippen LogP contribution in [0.25, 0.3) is 0 Å². The van der Waals surface area contributed by atoms with E-state index in [-0.39, 0.29) is 24.9 Å². The minimum absolute atomic E-state index is 0.0573. The van der Waals surface area contributed by atoms with Crippen molar-refractivity contribution in [3.8, 4) is 0 Å². The standard InChI is InChI=1S/C15H19F5N6O/c1-4-21-12-10(15(18,19)20)5-22-14(24-12)23-11-6-26(25-9(11)3)8(2)7-27-13(16)17/h5-6,8,13H,4,7H2,1-3H3,(H2,21,22,23,24). The molecule has 27 heavy (non-hydrogen) atoms. The van der Waals surface area contributed by atoms with Crippen LogP contribution in [-0.2, 0) is 10.9 Å². The highest BCUT2D eigenvalue weighted by Gasteiger charge is 2.35. The fourth-order valence-corrected chi connectivity index (χ4v) is 2.19. The molecule has 0 saturated carbocycles. The predicted octanol–water partition coefficient (Wildman–Crippen LogP) is 3.98. The fraction of sp³-hybridized carbons (Fsp3) is 0.533. The first-order valence-corrected chi connectivity index (χ1v) is 8.02. The first kappa shape index (κ1) is 20.8. The molecule has 2 aromatic rings. The number of aromatic nitrogens is 4. The molecule has 1 unspecified atom stereocenters. The van der Waals surface area contributed by atoms with Gasteiger partial charge in [-0.25, -0.2) is 4.98 Å². The van der Waals surface area contributed by atoms with E-state index in [0.717, 1.165) is 0 Å². The van der Waals surface area contributed by atoms with Crippen LogP contribution in [0.5, 0.6) is 0 Å². The Kier molecular flexibility index (Phi) is 6.52. The molecule has 0 radical (unpaired) electrons. The number of ether oxygens (including phenoxy) is 1. The normalized spacial score (nSPS) is 13.1. The quantitative estimate of drug-likeness (QED) is 0.660. The lowest BCUT2D eigenvalue weighted by molar-refractivity contribution is -0.137. The molecule has 0 aliphatic carbocycles. The van der Waals surface area contributed by atoms with Crippen LogP contribution in [0.15, 0.2) is 12.4 Å². The number of anilines is 3. The molecule has 1 atom stereocenters. The summed E-state index contributed by atoms with van der Waals surface area (Å²) in [7, 11) is 0. The Morgan fingerprint density at radius 2 is 2.00 bits per heavy atom. The molecule has 0 aromatic carbocycles. The number of halogens is 5. The number of rotatable bonds is 8. The Bertz CT molecular complexity index is 764. The van der Waals surface area contributed by atoms with Gasteiger partial charge in [-0.2, -0.15) is 32.0 Å². The van der Waals surface area contributed by atoms with Crippen LogP contribution in [0.4, 0.5) is 39.4 Å². The van der Waals surface area contributed by atoms with E-state index in [4.69, 9.17) is 0 Å². The number of nitrogens with zero attached hydrogens (tertiary/aromatic N) is 4. The predicted molar refractivity (Wildman–Crippen MR) is 88.1 cm³/mol. The Labute approximate surface area is 151 Å². The maximum atomic E-state index is 13.0. The molecule has 150 valence electrons. The summed E-state index contributed by atoms with van der Waals surface area (Å²) in [5.74, 6) is -0.399. The number of nitrogens with one attached hydrogen (secondary N) is 2. The smallest absolute Gasteiger partial charge is 0.370 e. The molecule has 2 N–H and O–H groups in total. The Morgan fingerprint density at radius 3 is 2.59 bits per heavy atom. The Morgan fingerprint density at radius 1 is 1.30 bits per heavy atom. The van der Waals surface area contributed by atoms with Gasteiger partial charge in [0, 0.05) is 18.9 Å². The van der Waals surface area contributed by atoms with Gasteiger partial charge in [0.25, 0.3) is 0 Å². The van der Waals surface area contributed by atoms with Gasteiger partial charge in [-0.3, -0.25) is 4.68 Å². The zero-order chi connectivity index (χ0) is 20.2. The first-order valence-electron chi connectivity index (χ1n) is 8.02. The van der Waals surface area contributed by atoms with Crippen molar-refractivity contribution < 1.29 is 26.7 Å². The molecule has 2 heterocycles. The highest BCUT2D eigenvalue weighted by atomic mass is 19.4. The van der Waals surface area contributed by atoms with E-state index in [1.807, 2.05) is 0 Å². The van der Waals surface area contributed by atoms with E-state index < -0.39 is 24.4 Å². The van der Waals surface area contributed by atoms with E-state index in [2.05, 4.69) is 30.4 Å². The summed E-state index contributed by atoms with van der Waals surface area (Å²) in [6.07, 6.45) is -2.38. The second-order valence-corrected chi connectivity index (χ2v) is 5.66. The molecule has 2 rings (SSSR count). The van der Waals surface area contributed by atoms with Crippen LogP contribution in [0.2, 0.25) is 0 Å². The number of hydrogen-bond donors (Lipinski definition) is 2. The molecule has 0 aliphatic heterocycles. The van der Waals surface area contributed by atoms with E-state index >= 15 is 0 Å². The molecule has 0 fully saturated rings. The summed E-state index contributed by atoms with van der Waals surface area (Å²) in [6, 6.07) is -0.473. The number of alkyl halides is 5. The lowest BCUT2D eigenvalue weighted by Gasteiger charge is -2.13. The summed E-state index contributed by atoms with van der Waals surface area (Å²) >= 11 is 0. The Hall–Kier alpha value is -2.50. The summed E-state index contributed by atoms with van der Waals surface area (Å²) in [5.41, 5.74) is -0.0476. The second-order valence-electron chi connectivity index (χ2n) is 5.66. The molecule has 0 amide bonds. The minimum Gasteiger partial charge on any atom is -0.370 e. The highest BCUT2D eigenvalue weighted by molar-refractivity contribution is 5.58. The lowest BCUT2D eigenvalue weighted by Crippen LogP contribution is -2.15. The average molecular weight is 394 g/mol. The van der Waals surface area contributed by atoms with E-state index in [0.29, 0.717) is 17.6 Å². The summed E-state index contributed by atoms with van der Waals surface area (Å²) in [4.78, 5) is 7.56. The zero-order valence-corrected chi connectivity index (χ0v) is 14.8. The molecule has 0 spiro atoms. The Balaban J connectivity index is 2.20. The SMILES string of the molecule is CCNc1nc(Nc2cn(C(C)COC(F)F)nc2C)ncc1C(F)(F)F. The van der Waals surface area contributed by atoms with E-state index in [1.54, 1.807) is 20.8 Å². The van der Waals surface area contributed by atoms with Gasteiger partial charge in [-0.05, 0) is 20.8 Å². The topological polar surface area (TPSA) is 76.9 Å². The second kappa shape index (κ2) is 8.46. The van der Waals surface area contributed by atoms with Crippen LogP contribution in [0, 0.1) is 6.92 Å². The van der Waals surface area contributed by atoms with Crippen molar-refractivity contribution in [3.05, 3.63) is 23.7 Å². The van der Waals surface area contributed by atoms with Crippen molar-refractivity contribution in [1.29, 1.82) is 0 Å². The van der Waals surface area contributed by atoms with Gasteiger partial charge in [0.15, 0.2) is 0 Å². The number of aryl methyl sites for hydroxylation is 1. The van der Waals surface area contributed by atoms with Crippen LogP contribution in [-0.4, -0.2) is 39.5 Å². The maximum Gasteiger partial charge on any atom is 0.421 e. The van der Waals surface area contributed by atoms with Gasteiger partial charge in [0.1, 0.15) is 11.4 Å². The van der Waals surface area contributed by atoms with Gasteiger partial charge in [0.05, 0.1) is 24.0 Å². The van der Waals surface area contributed by atoms with Crippen molar-refractivity contribution in [3.63, 3.8) is 0 Å².